The Kier molecular flexibility index (Phi) is 4.31. The first-order valence-corrected chi connectivity index (χ1v) is 8.04. The van der Waals surface area contributed by atoms with Crippen molar-refractivity contribution in [1.29, 1.82) is 0 Å². The molecule has 2 rings (SSSR count). The van der Waals surface area contributed by atoms with Gasteiger partial charge in [0.05, 0.1) is 11.8 Å². The Bertz CT molecular complexity index is 615. The molecule has 0 saturated heterocycles. The number of rotatable bonds is 4. The summed E-state index contributed by atoms with van der Waals surface area (Å²) in [6.07, 6.45) is 1.67. The zero-order valence-corrected chi connectivity index (χ0v) is 13.0. The predicted molar refractivity (Wildman–Crippen MR) is 78.9 cm³/mol. The lowest BCUT2D eigenvalue weighted by Gasteiger charge is -2.10. The Morgan fingerprint density at radius 2 is 2.26 bits per heavy atom. The first kappa shape index (κ1) is 14.1. The molecule has 2 atom stereocenters. The van der Waals surface area contributed by atoms with Gasteiger partial charge in [0.2, 0.25) is 0 Å². The summed E-state index contributed by atoms with van der Waals surface area (Å²) in [4.78, 5) is 0. The third kappa shape index (κ3) is 3.19. The first-order chi connectivity index (χ1) is 8.99. The molecular weight excluding hydrogens is 330 g/mol. The van der Waals surface area contributed by atoms with E-state index in [1.165, 1.54) is 0 Å². The van der Waals surface area contributed by atoms with E-state index in [0.717, 1.165) is 10.0 Å². The number of hydrogen-bond donors (Lipinski definition) is 1. The highest BCUT2D eigenvalue weighted by molar-refractivity contribution is 9.10. The lowest BCUT2D eigenvalue weighted by Crippen LogP contribution is -2.19. The van der Waals surface area contributed by atoms with Crippen LogP contribution in [0.5, 0.6) is 0 Å². The average molecular weight is 344 g/mol. The van der Waals surface area contributed by atoms with Crippen LogP contribution >= 0.6 is 15.9 Å². The van der Waals surface area contributed by atoms with E-state index < -0.39 is 10.8 Å². The van der Waals surface area contributed by atoms with Crippen LogP contribution in [0.15, 0.2) is 22.7 Å². The van der Waals surface area contributed by atoms with Gasteiger partial charge in [-0.05, 0) is 35.5 Å². The zero-order valence-electron chi connectivity index (χ0n) is 10.6. The van der Waals surface area contributed by atoms with Crippen molar-refractivity contribution in [3.05, 3.63) is 22.7 Å². The van der Waals surface area contributed by atoms with Crippen LogP contribution in [0.25, 0.3) is 11.4 Å². The van der Waals surface area contributed by atoms with Crippen LogP contribution in [0.2, 0.25) is 0 Å². The lowest BCUT2D eigenvalue weighted by molar-refractivity contribution is 0.579. The van der Waals surface area contributed by atoms with Crippen LogP contribution in [0.3, 0.4) is 0 Å². The van der Waals surface area contributed by atoms with E-state index in [9.17, 15) is 4.21 Å². The lowest BCUT2D eigenvalue weighted by atomic mass is 10.2. The van der Waals surface area contributed by atoms with Gasteiger partial charge in [0.15, 0.2) is 5.82 Å². The number of benzene rings is 1. The number of hydrogen-bond acceptors (Lipinski definition) is 5. The van der Waals surface area contributed by atoms with Gasteiger partial charge in [-0.3, -0.25) is 4.21 Å². The monoisotopic (exact) mass is 343 g/mol. The molecule has 0 aliphatic heterocycles. The first-order valence-electron chi connectivity index (χ1n) is 5.63. The van der Waals surface area contributed by atoms with Gasteiger partial charge in [-0.15, -0.1) is 5.10 Å². The van der Waals surface area contributed by atoms with Gasteiger partial charge >= 0.3 is 0 Å². The fourth-order valence-corrected chi connectivity index (χ4v) is 2.36. The normalized spacial score (nSPS) is 14.3. The predicted octanol–water partition coefficient (Wildman–Crippen LogP) is 1.45. The van der Waals surface area contributed by atoms with Crippen LogP contribution < -0.4 is 5.73 Å². The van der Waals surface area contributed by atoms with Gasteiger partial charge in [0.25, 0.3) is 0 Å². The zero-order chi connectivity index (χ0) is 14.0. The molecule has 8 heteroatoms. The SMILES string of the molecule is CC(Cn1nnnc1-c1cc(N)ccc1Br)S(C)=O. The molecule has 0 fully saturated rings. The molecular formula is C11H14BrN5OS. The van der Waals surface area contributed by atoms with Crippen LogP contribution in [0.4, 0.5) is 5.69 Å². The summed E-state index contributed by atoms with van der Waals surface area (Å²) in [6.45, 7) is 2.39. The standard InChI is InChI=1S/C11H14BrN5OS/c1-7(19(2)18)6-17-11(14-15-16-17)9-5-8(13)3-4-10(9)12/h3-5,7H,6,13H2,1-2H3. The Morgan fingerprint density at radius 3 is 2.95 bits per heavy atom. The van der Waals surface area contributed by atoms with Crippen molar-refractivity contribution in [2.24, 2.45) is 0 Å². The number of anilines is 1. The maximum atomic E-state index is 11.4. The molecule has 0 saturated carbocycles. The molecule has 1 aromatic carbocycles. The summed E-state index contributed by atoms with van der Waals surface area (Å²) in [5, 5.41) is 11.6. The number of nitrogens with zero attached hydrogens (tertiary/aromatic N) is 4. The summed E-state index contributed by atoms with van der Waals surface area (Å²) in [7, 11) is -0.922. The number of nitrogen functional groups attached to an aromatic ring is 1. The molecule has 102 valence electrons. The minimum absolute atomic E-state index is 0.0258. The third-order valence-electron chi connectivity index (χ3n) is 2.76. The largest absolute Gasteiger partial charge is 0.399 e. The second-order valence-corrected chi connectivity index (χ2v) is 6.89. The number of nitrogens with two attached hydrogens (primary N) is 1. The molecule has 0 radical (unpaired) electrons. The number of halogens is 1. The van der Waals surface area contributed by atoms with Crippen molar-refractivity contribution >= 4 is 32.4 Å². The molecule has 0 aliphatic carbocycles. The smallest absolute Gasteiger partial charge is 0.183 e. The van der Waals surface area contributed by atoms with Crippen molar-refractivity contribution in [2.75, 3.05) is 12.0 Å². The maximum Gasteiger partial charge on any atom is 0.183 e. The Hall–Kier alpha value is -1.28. The molecule has 19 heavy (non-hydrogen) atoms. The van der Waals surface area contributed by atoms with Crippen molar-refractivity contribution in [3.8, 4) is 11.4 Å². The van der Waals surface area contributed by atoms with Crippen molar-refractivity contribution in [2.45, 2.75) is 18.7 Å². The van der Waals surface area contributed by atoms with Crippen molar-refractivity contribution < 1.29 is 4.21 Å². The van der Waals surface area contributed by atoms with E-state index in [1.807, 2.05) is 13.0 Å². The van der Waals surface area contributed by atoms with Gasteiger partial charge in [-0.25, -0.2) is 4.68 Å². The second-order valence-electron chi connectivity index (χ2n) is 4.23. The van der Waals surface area contributed by atoms with Gasteiger partial charge in [-0.2, -0.15) is 0 Å². The highest BCUT2D eigenvalue weighted by Gasteiger charge is 2.16. The van der Waals surface area contributed by atoms with Crippen LogP contribution in [-0.2, 0) is 17.3 Å². The summed E-state index contributed by atoms with van der Waals surface area (Å²) < 4.78 is 13.9. The van der Waals surface area contributed by atoms with Gasteiger partial charge in [0, 0.05) is 32.8 Å². The molecule has 0 bridgehead atoms. The highest BCUT2D eigenvalue weighted by atomic mass is 79.9. The molecule has 2 N–H and O–H groups in total. The average Bonchev–Trinajstić information content (AvgIpc) is 2.80. The number of aromatic nitrogens is 4. The second kappa shape index (κ2) is 5.79. The molecule has 2 aromatic rings. The molecule has 1 aromatic heterocycles. The maximum absolute atomic E-state index is 11.4. The quantitative estimate of drug-likeness (QED) is 0.849. The van der Waals surface area contributed by atoms with E-state index >= 15 is 0 Å². The Labute approximate surface area is 122 Å². The van der Waals surface area contributed by atoms with Gasteiger partial charge < -0.3 is 5.73 Å². The molecule has 0 amide bonds. The third-order valence-corrected chi connectivity index (χ3v) is 4.73. The van der Waals surface area contributed by atoms with Gasteiger partial charge in [-0.1, -0.05) is 15.9 Å². The summed E-state index contributed by atoms with van der Waals surface area (Å²) >= 11 is 3.46. The van der Waals surface area contributed by atoms with E-state index in [1.54, 1.807) is 23.1 Å². The molecule has 1 heterocycles. The minimum Gasteiger partial charge on any atom is -0.399 e. The van der Waals surface area contributed by atoms with Crippen LogP contribution in [0.1, 0.15) is 6.92 Å². The van der Waals surface area contributed by atoms with Crippen LogP contribution in [-0.4, -0.2) is 35.9 Å². The van der Waals surface area contributed by atoms with Crippen molar-refractivity contribution in [3.63, 3.8) is 0 Å². The molecule has 0 aliphatic rings. The Balaban J connectivity index is 2.39. The van der Waals surface area contributed by atoms with E-state index in [0.29, 0.717) is 18.1 Å². The summed E-state index contributed by atoms with van der Waals surface area (Å²) in [6, 6.07) is 5.45. The van der Waals surface area contributed by atoms with E-state index in [2.05, 4.69) is 31.5 Å². The fourth-order valence-electron chi connectivity index (χ4n) is 1.58. The van der Waals surface area contributed by atoms with Crippen molar-refractivity contribution in [1.82, 2.24) is 20.2 Å². The van der Waals surface area contributed by atoms with Crippen LogP contribution in [0, 0.1) is 0 Å². The van der Waals surface area contributed by atoms with E-state index in [4.69, 9.17) is 5.73 Å². The molecule has 0 spiro atoms. The number of tetrazole rings is 1. The fraction of sp³-hybridized carbons (Fsp3) is 0.364. The Morgan fingerprint density at radius 1 is 1.53 bits per heavy atom. The van der Waals surface area contributed by atoms with Gasteiger partial charge in [0.1, 0.15) is 0 Å². The summed E-state index contributed by atoms with van der Waals surface area (Å²) in [5.41, 5.74) is 7.24. The van der Waals surface area contributed by atoms with E-state index in [-0.39, 0.29) is 5.25 Å². The topological polar surface area (TPSA) is 86.7 Å². The highest BCUT2D eigenvalue weighted by Crippen LogP contribution is 2.28. The molecule has 2 unspecified atom stereocenters. The summed E-state index contributed by atoms with van der Waals surface area (Å²) in [5.74, 6) is 0.608. The molecule has 6 nitrogen and oxygen atoms in total. The minimum atomic E-state index is -0.922.